The van der Waals surface area contributed by atoms with E-state index in [0.717, 1.165) is 34.0 Å². The second kappa shape index (κ2) is 6.68. The summed E-state index contributed by atoms with van der Waals surface area (Å²) < 4.78 is 16.2. The number of aromatic nitrogens is 5. The van der Waals surface area contributed by atoms with Crippen molar-refractivity contribution in [3.63, 3.8) is 0 Å². The zero-order valence-electron chi connectivity index (χ0n) is 18.7. The van der Waals surface area contributed by atoms with Crippen molar-refractivity contribution in [2.45, 2.75) is 63.6 Å². The molecule has 7 nitrogen and oxygen atoms in total. The number of rotatable bonds is 3. The molecule has 2 atom stereocenters. The molecule has 0 aromatic carbocycles. The maximum Gasteiger partial charge on any atom is 0.187 e. The summed E-state index contributed by atoms with van der Waals surface area (Å²) in [6, 6.07) is 1.88. The average Bonchev–Trinajstić information content (AvgIpc) is 3.39. The van der Waals surface area contributed by atoms with Crippen LogP contribution in [0.2, 0.25) is 0 Å². The molecule has 6 heterocycles. The number of halogens is 1. The number of aryl methyl sites for hydroxylation is 1. The molecular formula is C23H26FN7S. The highest BCUT2D eigenvalue weighted by Gasteiger charge is 2.49. The van der Waals surface area contributed by atoms with Crippen LogP contribution in [0.1, 0.15) is 45.2 Å². The fourth-order valence-electron chi connectivity index (χ4n) is 5.57. The summed E-state index contributed by atoms with van der Waals surface area (Å²) in [6.07, 6.45) is 10.0. The maximum absolute atomic E-state index is 14.5. The topological polar surface area (TPSA) is 71.2 Å². The van der Waals surface area contributed by atoms with E-state index in [1.807, 2.05) is 13.1 Å². The summed E-state index contributed by atoms with van der Waals surface area (Å²) in [7, 11) is 2.14. The van der Waals surface area contributed by atoms with Crippen LogP contribution in [0.25, 0.3) is 27.4 Å². The zero-order chi connectivity index (χ0) is 22.3. The molecule has 0 aliphatic carbocycles. The predicted molar refractivity (Wildman–Crippen MR) is 125 cm³/mol. The van der Waals surface area contributed by atoms with Gasteiger partial charge in [-0.1, -0.05) is 11.3 Å². The van der Waals surface area contributed by atoms with Crippen LogP contribution in [0.5, 0.6) is 0 Å². The highest BCUT2D eigenvalue weighted by molar-refractivity contribution is 7.21. The standard InChI is InChI=1S/C23H26FN7S/c1-13-11-31-12-14(7-16(24)19(31)26-13)18-25-10-17-20(28-18)32-21(27-17)30(4)15-8-22(2)5-6-23(3,9-15)29-22/h7,10-12,15,29H,5-6,8-9H2,1-4H3. The molecule has 9 heteroatoms. The zero-order valence-corrected chi connectivity index (χ0v) is 19.5. The van der Waals surface area contributed by atoms with Crippen molar-refractivity contribution in [3.8, 4) is 11.4 Å². The molecule has 2 saturated heterocycles. The first-order valence-electron chi connectivity index (χ1n) is 11.0. The summed E-state index contributed by atoms with van der Waals surface area (Å²) in [4.78, 5) is 21.4. The maximum atomic E-state index is 14.5. The van der Waals surface area contributed by atoms with Gasteiger partial charge in [0.15, 0.2) is 22.4 Å². The van der Waals surface area contributed by atoms with Gasteiger partial charge in [0.05, 0.1) is 11.9 Å². The number of hydrogen-bond acceptors (Lipinski definition) is 7. The smallest absolute Gasteiger partial charge is 0.187 e. The van der Waals surface area contributed by atoms with Gasteiger partial charge in [0.1, 0.15) is 10.3 Å². The molecule has 0 spiro atoms. The molecular weight excluding hydrogens is 425 g/mol. The van der Waals surface area contributed by atoms with E-state index in [0.29, 0.717) is 23.1 Å². The second-order valence-electron chi connectivity index (χ2n) is 9.99. The van der Waals surface area contributed by atoms with Gasteiger partial charge < -0.3 is 14.6 Å². The Morgan fingerprint density at radius 1 is 1.16 bits per heavy atom. The lowest BCUT2D eigenvalue weighted by atomic mass is 9.84. The Balaban J connectivity index is 1.33. The van der Waals surface area contributed by atoms with Crippen LogP contribution in [0.4, 0.5) is 9.52 Å². The van der Waals surface area contributed by atoms with Crippen molar-refractivity contribution < 1.29 is 4.39 Å². The van der Waals surface area contributed by atoms with E-state index in [4.69, 9.17) is 9.97 Å². The van der Waals surface area contributed by atoms with Crippen LogP contribution in [-0.2, 0) is 0 Å². The quantitative estimate of drug-likeness (QED) is 0.499. The van der Waals surface area contributed by atoms with Crippen LogP contribution in [0.15, 0.2) is 24.7 Å². The van der Waals surface area contributed by atoms with Gasteiger partial charge in [-0.15, -0.1) is 0 Å². The Bertz CT molecular complexity index is 1350. The molecule has 2 fully saturated rings. The molecule has 0 amide bonds. The summed E-state index contributed by atoms with van der Waals surface area (Å²) in [5, 5.41) is 4.80. The minimum absolute atomic E-state index is 0.198. The third-order valence-electron chi connectivity index (χ3n) is 7.08. The Morgan fingerprint density at radius 3 is 2.66 bits per heavy atom. The molecule has 2 unspecified atom stereocenters. The van der Waals surface area contributed by atoms with E-state index in [-0.39, 0.29) is 16.9 Å². The number of anilines is 1. The van der Waals surface area contributed by atoms with Crippen molar-refractivity contribution >= 4 is 32.5 Å². The van der Waals surface area contributed by atoms with E-state index >= 15 is 0 Å². The highest BCUT2D eigenvalue weighted by atomic mass is 32.1. The number of imidazole rings is 1. The number of hydrogen-bond donors (Lipinski definition) is 1. The normalized spacial score (nSPS) is 27.5. The van der Waals surface area contributed by atoms with Gasteiger partial charge >= 0.3 is 0 Å². The van der Waals surface area contributed by atoms with E-state index in [1.54, 1.807) is 28.1 Å². The summed E-state index contributed by atoms with van der Waals surface area (Å²) in [6.45, 7) is 6.52. The number of piperidine rings is 1. The van der Waals surface area contributed by atoms with E-state index in [1.165, 1.54) is 18.9 Å². The van der Waals surface area contributed by atoms with Crippen LogP contribution < -0.4 is 10.2 Å². The van der Waals surface area contributed by atoms with Gasteiger partial charge in [0.25, 0.3) is 0 Å². The fourth-order valence-corrected chi connectivity index (χ4v) is 6.51. The first-order valence-corrected chi connectivity index (χ1v) is 11.8. The number of pyridine rings is 1. The van der Waals surface area contributed by atoms with E-state index in [9.17, 15) is 4.39 Å². The Morgan fingerprint density at radius 2 is 1.91 bits per heavy atom. The Kier molecular flexibility index (Phi) is 4.17. The lowest BCUT2D eigenvalue weighted by molar-refractivity contribution is 0.208. The first-order chi connectivity index (χ1) is 15.2. The minimum Gasteiger partial charge on any atom is -0.348 e. The molecule has 6 rings (SSSR count). The molecule has 2 aliphatic rings. The molecule has 32 heavy (non-hydrogen) atoms. The number of thiazole rings is 1. The van der Waals surface area contributed by atoms with Gasteiger partial charge in [0, 0.05) is 42.1 Å². The number of nitrogens with zero attached hydrogens (tertiary/aromatic N) is 6. The van der Waals surface area contributed by atoms with E-state index in [2.05, 4.69) is 41.1 Å². The van der Waals surface area contributed by atoms with Gasteiger partial charge in [-0.25, -0.2) is 24.3 Å². The monoisotopic (exact) mass is 451 g/mol. The third-order valence-corrected chi connectivity index (χ3v) is 8.13. The summed E-state index contributed by atoms with van der Waals surface area (Å²) in [5.41, 5.74) is 2.87. The van der Waals surface area contributed by atoms with Gasteiger partial charge in [0.2, 0.25) is 0 Å². The SMILES string of the molecule is Cc1cn2cc(-c3ncc4nc(N(C)C5CC6(C)CCC(C)(C5)N6)sc4n3)cc(F)c2n1. The average molecular weight is 452 g/mol. The molecule has 4 aromatic heterocycles. The summed E-state index contributed by atoms with van der Waals surface area (Å²) >= 11 is 1.57. The second-order valence-corrected chi connectivity index (χ2v) is 10.9. The summed E-state index contributed by atoms with van der Waals surface area (Å²) in [5.74, 6) is 0.106. The van der Waals surface area contributed by atoms with Gasteiger partial charge in [-0.05, 0) is 52.5 Å². The number of fused-ring (bicyclic) bond motifs is 4. The minimum atomic E-state index is -0.383. The van der Waals surface area contributed by atoms with Crippen molar-refractivity contribution in [1.29, 1.82) is 0 Å². The largest absolute Gasteiger partial charge is 0.348 e. The Labute approximate surface area is 189 Å². The van der Waals surface area contributed by atoms with Gasteiger partial charge in [-0.3, -0.25) is 0 Å². The van der Waals surface area contributed by atoms with Crippen LogP contribution in [-0.4, -0.2) is 48.5 Å². The molecule has 1 N–H and O–H groups in total. The van der Waals surface area contributed by atoms with Crippen molar-refractivity contribution in [1.82, 2.24) is 29.7 Å². The van der Waals surface area contributed by atoms with Crippen molar-refractivity contribution in [2.75, 3.05) is 11.9 Å². The fraction of sp³-hybridized carbons (Fsp3) is 0.478. The lowest BCUT2D eigenvalue weighted by Gasteiger charge is -2.45. The van der Waals surface area contributed by atoms with Crippen molar-refractivity contribution in [2.24, 2.45) is 0 Å². The first kappa shape index (κ1) is 20.0. The van der Waals surface area contributed by atoms with E-state index < -0.39 is 0 Å². The molecule has 0 saturated carbocycles. The molecule has 2 aliphatic heterocycles. The Hall–Kier alpha value is -2.65. The van der Waals surface area contributed by atoms with Gasteiger partial charge in [-0.2, -0.15) is 0 Å². The number of nitrogens with one attached hydrogen (secondary N) is 1. The predicted octanol–water partition coefficient (Wildman–Crippen LogP) is 4.35. The van der Waals surface area contributed by atoms with Crippen LogP contribution in [0.3, 0.4) is 0 Å². The van der Waals surface area contributed by atoms with Crippen LogP contribution in [0, 0.1) is 12.7 Å². The van der Waals surface area contributed by atoms with Crippen molar-refractivity contribution in [3.05, 3.63) is 36.2 Å². The third kappa shape index (κ3) is 3.17. The lowest BCUT2D eigenvalue weighted by Crippen LogP contribution is -2.58. The van der Waals surface area contributed by atoms with Crippen LogP contribution >= 0.6 is 11.3 Å². The molecule has 4 aromatic rings. The molecule has 0 radical (unpaired) electrons. The molecule has 2 bridgehead atoms. The highest BCUT2D eigenvalue weighted by Crippen LogP contribution is 2.44. The molecule has 166 valence electrons.